The van der Waals surface area contributed by atoms with Crippen LogP contribution in [0, 0.1) is 11.8 Å². The summed E-state index contributed by atoms with van der Waals surface area (Å²) in [4.78, 5) is 12.2. The van der Waals surface area contributed by atoms with Crippen molar-refractivity contribution in [2.24, 2.45) is 11.8 Å². The van der Waals surface area contributed by atoms with Crippen LogP contribution in [0.2, 0.25) is 0 Å². The van der Waals surface area contributed by atoms with Gasteiger partial charge in [-0.1, -0.05) is 6.92 Å². The molecule has 1 fully saturated rings. The monoisotopic (exact) mass is 324 g/mol. The second-order valence-corrected chi connectivity index (χ2v) is 6.26. The summed E-state index contributed by atoms with van der Waals surface area (Å²) >= 11 is 0. The molecule has 2 atom stereocenters. The Kier molecular flexibility index (Phi) is 6.09. The molecule has 1 aromatic carbocycles. The molecule has 2 unspecified atom stereocenters. The zero-order valence-corrected chi connectivity index (χ0v) is 13.9. The third kappa shape index (κ3) is 4.14. The first-order valence-corrected chi connectivity index (χ1v) is 7.98. The number of halogens is 1. The summed E-state index contributed by atoms with van der Waals surface area (Å²) in [6.07, 6.45) is 3.99. The Hall–Kier alpha value is -1.26. The molecule has 2 aliphatic rings. The van der Waals surface area contributed by atoms with Gasteiger partial charge in [0.25, 0.3) is 0 Å². The van der Waals surface area contributed by atoms with Gasteiger partial charge in [0, 0.05) is 18.5 Å². The molecule has 0 aromatic heterocycles. The molecule has 0 radical (unpaired) electrons. The smallest absolute Gasteiger partial charge is 0.224 e. The number of fused-ring (bicyclic) bond motifs is 1. The summed E-state index contributed by atoms with van der Waals surface area (Å²) in [5.41, 5.74) is 2.08. The minimum absolute atomic E-state index is 0. The number of nitrogens with one attached hydrogen (secondary N) is 2. The van der Waals surface area contributed by atoms with E-state index in [0.29, 0.717) is 18.3 Å². The molecule has 1 saturated heterocycles. The molecule has 0 bridgehead atoms. The summed E-state index contributed by atoms with van der Waals surface area (Å²) in [6.45, 7) is 5.10. The number of ether oxygens (including phenoxy) is 1. The molecule has 2 N–H and O–H groups in total. The Labute approximate surface area is 138 Å². The van der Waals surface area contributed by atoms with Gasteiger partial charge in [-0.15, -0.1) is 12.4 Å². The van der Waals surface area contributed by atoms with Crippen LogP contribution in [0.3, 0.4) is 0 Å². The van der Waals surface area contributed by atoms with Crippen LogP contribution >= 0.6 is 12.4 Å². The van der Waals surface area contributed by atoms with E-state index in [1.54, 1.807) is 0 Å². The van der Waals surface area contributed by atoms with Gasteiger partial charge < -0.3 is 15.4 Å². The zero-order valence-electron chi connectivity index (χ0n) is 13.1. The van der Waals surface area contributed by atoms with Crippen LogP contribution in [0.1, 0.15) is 31.7 Å². The second-order valence-electron chi connectivity index (χ2n) is 6.26. The maximum Gasteiger partial charge on any atom is 0.224 e. The molecular weight excluding hydrogens is 300 g/mol. The normalized spacial score (nSPS) is 21.2. The number of carbonyl (C=O) groups is 1. The number of benzene rings is 1. The van der Waals surface area contributed by atoms with E-state index >= 15 is 0 Å². The molecule has 0 spiro atoms. The van der Waals surface area contributed by atoms with Crippen molar-refractivity contribution in [1.82, 2.24) is 5.32 Å². The van der Waals surface area contributed by atoms with Crippen molar-refractivity contribution < 1.29 is 9.53 Å². The number of piperidine rings is 1. The van der Waals surface area contributed by atoms with E-state index in [1.165, 1.54) is 18.4 Å². The van der Waals surface area contributed by atoms with Crippen molar-refractivity contribution in [1.29, 1.82) is 0 Å². The van der Waals surface area contributed by atoms with E-state index in [9.17, 15) is 4.79 Å². The lowest BCUT2D eigenvalue weighted by molar-refractivity contribution is -0.117. The molecule has 2 aliphatic heterocycles. The van der Waals surface area contributed by atoms with Gasteiger partial charge in [-0.3, -0.25) is 4.79 Å². The summed E-state index contributed by atoms with van der Waals surface area (Å²) in [6, 6.07) is 5.91. The number of hydrogen-bond acceptors (Lipinski definition) is 3. The average molecular weight is 325 g/mol. The standard InChI is InChI=1S/C17H24N2O2.ClH/c1-12(14-3-2-7-18-11-14)9-17(20)19-15-4-5-16-13(10-15)6-8-21-16;/h4-5,10,12,14,18H,2-3,6-9,11H2,1H3,(H,19,20);1H. The van der Waals surface area contributed by atoms with Crippen LogP contribution in [0.5, 0.6) is 5.75 Å². The minimum Gasteiger partial charge on any atom is -0.493 e. The number of rotatable bonds is 4. The van der Waals surface area contributed by atoms with Gasteiger partial charge in [0.2, 0.25) is 5.91 Å². The lowest BCUT2D eigenvalue weighted by atomic mass is 9.85. The maximum atomic E-state index is 12.2. The largest absolute Gasteiger partial charge is 0.493 e. The highest BCUT2D eigenvalue weighted by molar-refractivity contribution is 5.91. The molecule has 122 valence electrons. The van der Waals surface area contributed by atoms with Gasteiger partial charge in [0.1, 0.15) is 5.75 Å². The van der Waals surface area contributed by atoms with Crippen LogP contribution < -0.4 is 15.4 Å². The van der Waals surface area contributed by atoms with Gasteiger partial charge >= 0.3 is 0 Å². The number of hydrogen-bond donors (Lipinski definition) is 2. The van der Waals surface area contributed by atoms with Crippen LogP contribution in [-0.2, 0) is 11.2 Å². The second kappa shape index (κ2) is 7.84. The Bertz CT molecular complexity index is 515. The molecule has 22 heavy (non-hydrogen) atoms. The summed E-state index contributed by atoms with van der Waals surface area (Å²) in [5.74, 6) is 2.12. The summed E-state index contributed by atoms with van der Waals surface area (Å²) < 4.78 is 5.48. The molecular formula is C17H25ClN2O2. The topological polar surface area (TPSA) is 50.4 Å². The van der Waals surface area contributed by atoms with Crippen LogP contribution in [0.15, 0.2) is 18.2 Å². The van der Waals surface area contributed by atoms with E-state index < -0.39 is 0 Å². The molecule has 3 rings (SSSR count). The number of amides is 1. The zero-order chi connectivity index (χ0) is 14.7. The first-order valence-electron chi connectivity index (χ1n) is 7.98. The van der Waals surface area contributed by atoms with E-state index in [-0.39, 0.29) is 18.3 Å². The lowest BCUT2D eigenvalue weighted by Gasteiger charge is -2.28. The first kappa shape index (κ1) is 17.1. The lowest BCUT2D eigenvalue weighted by Crippen LogP contribution is -2.34. The Morgan fingerprint density at radius 3 is 3.14 bits per heavy atom. The van der Waals surface area contributed by atoms with Crippen molar-refractivity contribution >= 4 is 24.0 Å². The highest BCUT2D eigenvalue weighted by Gasteiger charge is 2.22. The Morgan fingerprint density at radius 1 is 1.50 bits per heavy atom. The number of carbonyl (C=O) groups excluding carboxylic acids is 1. The van der Waals surface area contributed by atoms with Crippen molar-refractivity contribution in [3.05, 3.63) is 23.8 Å². The van der Waals surface area contributed by atoms with Crippen molar-refractivity contribution in [2.45, 2.75) is 32.6 Å². The average Bonchev–Trinajstić information content (AvgIpc) is 2.95. The third-order valence-corrected chi connectivity index (χ3v) is 4.62. The summed E-state index contributed by atoms with van der Waals surface area (Å²) in [7, 11) is 0. The highest BCUT2D eigenvalue weighted by Crippen LogP contribution is 2.28. The van der Waals surface area contributed by atoms with Crippen LogP contribution in [0.25, 0.3) is 0 Å². The van der Waals surface area contributed by atoms with Crippen LogP contribution in [0.4, 0.5) is 5.69 Å². The van der Waals surface area contributed by atoms with E-state index in [1.807, 2.05) is 18.2 Å². The van der Waals surface area contributed by atoms with Gasteiger partial charge in [-0.2, -0.15) is 0 Å². The first-order chi connectivity index (χ1) is 10.2. The van der Waals surface area contributed by atoms with E-state index in [2.05, 4.69) is 17.6 Å². The SMILES string of the molecule is CC(CC(=O)Nc1ccc2c(c1)CCO2)C1CCCNC1.Cl. The minimum atomic E-state index is 0. The fourth-order valence-corrected chi connectivity index (χ4v) is 3.30. The fraction of sp³-hybridized carbons (Fsp3) is 0.588. The van der Waals surface area contributed by atoms with Crippen molar-refractivity contribution in [3.8, 4) is 5.75 Å². The third-order valence-electron chi connectivity index (χ3n) is 4.62. The molecule has 5 heteroatoms. The summed E-state index contributed by atoms with van der Waals surface area (Å²) in [5, 5.41) is 6.45. The number of anilines is 1. The molecule has 0 saturated carbocycles. The van der Waals surface area contributed by atoms with Gasteiger partial charge in [0.15, 0.2) is 0 Å². The van der Waals surface area contributed by atoms with E-state index in [0.717, 1.165) is 37.6 Å². The van der Waals surface area contributed by atoms with Crippen LogP contribution in [-0.4, -0.2) is 25.6 Å². The molecule has 1 amide bonds. The van der Waals surface area contributed by atoms with Crippen molar-refractivity contribution in [3.63, 3.8) is 0 Å². The van der Waals surface area contributed by atoms with Gasteiger partial charge in [-0.25, -0.2) is 0 Å². The predicted octanol–water partition coefficient (Wildman–Crippen LogP) is 3.01. The molecule has 2 heterocycles. The molecule has 0 aliphatic carbocycles. The maximum absolute atomic E-state index is 12.2. The van der Waals surface area contributed by atoms with Crippen molar-refractivity contribution in [2.75, 3.05) is 25.0 Å². The Balaban J connectivity index is 0.00000176. The quantitative estimate of drug-likeness (QED) is 0.895. The highest BCUT2D eigenvalue weighted by atomic mass is 35.5. The van der Waals surface area contributed by atoms with Gasteiger partial charge in [-0.05, 0) is 61.5 Å². The Morgan fingerprint density at radius 2 is 2.36 bits per heavy atom. The fourth-order valence-electron chi connectivity index (χ4n) is 3.30. The predicted molar refractivity (Wildman–Crippen MR) is 90.9 cm³/mol. The molecule has 4 nitrogen and oxygen atoms in total. The van der Waals surface area contributed by atoms with E-state index in [4.69, 9.17) is 4.74 Å². The van der Waals surface area contributed by atoms with Gasteiger partial charge in [0.05, 0.1) is 6.61 Å². The molecule has 1 aromatic rings.